The lowest BCUT2D eigenvalue weighted by Gasteiger charge is -2.17. The predicted octanol–water partition coefficient (Wildman–Crippen LogP) is 4.59. The van der Waals surface area contributed by atoms with Crippen molar-refractivity contribution in [1.29, 1.82) is 0 Å². The van der Waals surface area contributed by atoms with Crippen LogP contribution in [0.4, 0.5) is 13.2 Å². The zero-order chi connectivity index (χ0) is 20.1. The molecule has 7 heteroatoms. The van der Waals surface area contributed by atoms with Gasteiger partial charge in [-0.2, -0.15) is 13.2 Å². The number of aromatic hydroxyl groups is 1. The minimum absolute atomic E-state index is 0.00848. The first-order valence-electron chi connectivity index (χ1n) is 8.27. The van der Waals surface area contributed by atoms with Crippen LogP contribution in [0.25, 0.3) is 27.4 Å². The van der Waals surface area contributed by atoms with Crippen molar-refractivity contribution in [3.8, 4) is 11.4 Å². The summed E-state index contributed by atoms with van der Waals surface area (Å²) in [7, 11) is 0. The zero-order valence-corrected chi connectivity index (χ0v) is 14.2. The van der Waals surface area contributed by atoms with Gasteiger partial charge in [0.05, 0.1) is 5.52 Å². The maximum atomic E-state index is 13.1. The standard InChI is InChI=1S/C21H12F3NO3/c22-21(23,24)19(27)17-18(26)16-14-9-5-4-6-12(14)10-11-15(16)25(20(17)28)13-7-2-1-3-8-13/h1-11,26H. The average molecular weight is 383 g/mol. The Morgan fingerprint density at radius 3 is 2.21 bits per heavy atom. The molecule has 0 amide bonds. The molecule has 4 aromatic rings. The van der Waals surface area contributed by atoms with Gasteiger partial charge >= 0.3 is 6.18 Å². The lowest BCUT2D eigenvalue weighted by atomic mass is 10.00. The highest BCUT2D eigenvalue weighted by molar-refractivity contribution is 6.14. The van der Waals surface area contributed by atoms with E-state index in [1.54, 1.807) is 48.5 Å². The number of nitrogens with zero attached hydrogens (tertiary/aromatic N) is 1. The molecule has 0 aliphatic carbocycles. The van der Waals surface area contributed by atoms with E-state index in [0.29, 0.717) is 10.8 Å². The van der Waals surface area contributed by atoms with Crippen LogP contribution >= 0.6 is 0 Å². The number of fused-ring (bicyclic) bond motifs is 3. The molecule has 4 nitrogen and oxygen atoms in total. The van der Waals surface area contributed by atoms with Crippen LogP contribution in [0.5, 0.6) is 5.75 Å². The van der Waals surface area contributed by atoms with Crippen LogP contribution in [0.1, 0.15) is 10.4 Å². The third kappa shape index (κ3) is 2.63. The number of Topliss-reactive ketones (excluding diaryl/α,β-unsaturated/α-hetero) is 1. The zero-order valence-electron chi connectivity index (χ0n) is 14.2. The highest BCUT2D eigenvalue weighted by Gasteiger charge is 2.43. The molecule has 0 aliphatic heterocycles. The molecule has 1 aromatic heterocycles. The Balaban J connectivity index is 2.27. The molecule has 0 atom stereocenters. The highest BCUT2D eigenvalue weighted by atomic mass is 19.4. The summed E-state index contributed by atoms with van der Waals surface area (Å²) in [5.74, 6) is -3.35. The number of rotatable bonds is 2. The molecule has 4 rings (SSSR count). The summed E-state index contributed by atoms with van der Waals surface area (Å²) in [6.45, 7) is 0. The normalized spacial score (nSPS) is 11.8. The van der Waals surface area contributed by atoms with E-state index in [0.717, 1.165) is 4.57 Å². The SMILES string of the molecule is O=C(c1c(O)c2c3ccccc3ccc2n(-c2ccccc2)c1=O)C(F)(F)F. The summed E-state index contributed by atoms with van der Waals surface area (Å²) in [5, 5.41) is 11.7. The molecule has 0 fully saturated rings. The van der Waals surface area contributed by atoms with Gasteiger partial charge in [-0.15, -0.1) is 0 Å². The van der Waals surface area contributed by atoms with Crippen molar-refractivity contribution < 1.29 is 23.1 Å². The molecule has 140 valence electrons. The van der Waals surface area contributed by atoms with E-state index in [9.17, 15) is 27.9 Å². The van der Waals surface area contributed by atoms with Crippen molar-refractivity contribution >= 4 is 27.5 Å². The van der Waals surface area contributed by atoms with E-state index in [-0.39, 0.29) is 16.6 Å². The van der Waals surface area contributed by atoms with E-state index in [1.165, 1.54) is 18.2 Å². The second kappa shape index (κ2) is 6.23. The number of hydrogen-bond acceptors (Lipinski definition) is 3. The Bertz CT molecular complexity index is 1290. The van der Waals surface area contributed by atoms with Crippen LogP contribution in [0.3, 0.4) is 0 Å². The quantitative estimate of drug-likeness (QED) is 0.407. The number of hydrogen-bond donors (Lipinski definition) is 1. The molecular weight excluding hydrogens is 371 g/mol. The molecule has 0 saturated carbocycles. The number of pyridine rings is 1. The summed E-state index contributed by atoms with van der Waals surface area (Å²) in [4.78, 5) is 24.9. The largest absolute Gasteiger partial charge is 0.506 e. The number of halogens is 3. The number of benzene rings is 3. The molecule has 1 heterocycles. The maximum Gasteiger partial charge on any atom is 0.455 e. The predicted molar refractivity (Wildman–Crippen MR) is 99.1 cm³/mol. The molecule has 3 aromatic carbocycles. The van der Waals surface area contributed by atoms with E-state index in [2.05, 4.69) is 0 Å². The number of carbonyl (C=O) groups excluding carboxylic acids is 1. The fourth-order valence-corrected chi connectivity index (χ4v) is 3.32. The molecule has 0 saturated heterocycles. The van der Waals surface area contributed by atoms with E-state index in [1.807, 2.05) is 0 Å². The van der Waals surface area contributed by atoms with Gasteiger partial charge < -0.3 is 5.11 Å². The van der Waals surface area contributed by atoms with Gasteiger partial charge in [-0.3, -0.25) is 14.2 Å². The van der Waals surface area contributed by atoms with Crippen molar-refractivity contribution in [2.24, 2.45) is 0 Å². The first-order valence-corrected chi connectivity index (χ1v) is 8.27. The Morgan fingerprint density at radius 2 is 1.54 bits per heavy atom. The number of carbonyl (C=O) groups is 1. The number of ketones is 1. The number of alkyl halides is 3. The molecular formula is C21H12F3NO3. The van der Waals surface area contributed by atoms with Crippen molar-refractivity contribution in [3.05, 3.63) is 82.6 Å². The topological polar surface area (TPSA) is 59.3 Å². The summed E-state index contributed by atoms with van der Waals surface area (Å²) in [5.41, 5.74) is -2.04. The van der Waals surface area contributed by atoms with Crippen LogP contribution in [0, 0.1) is 0 Å². The second-order valence-corrected chi connectivity index (χ2v) is 6.21. The van der Waals surface area contributed by atoms with Crippen LogP contribution in [-0.4, -0.2) is 21.6 Å². The third-order valence-electron chi connectivity index (χ3n) is 4.54. The van der Waals surface area contributed by atoms with Gasteiger partial charge in [0.25, 0.3) is 11.3 Å². The molecule has 0 aliphatic rings. The first kappa shape index (κ1) is 17.8. The summed E-state index contributed by atoms with van der Waals surface area (Å²) in [6.07, 6.45) is -5.30. The molecule has 0 bridgehead atoms. The Kier molecular flexibility index (Phi) is 3.96. The van der Waals surface area contributed by atoms with Crippen LogP contribution in [0.2, 0.25) is 0 Å². The molecule has 0 unspecified atom stereocenters. The van der Waals surface area contributed by atoms with Crippen molar-refractivity contribution in [2.75, 3.05) is 0 Å². The van der Waals surface area contributed by atoms with Gasteiger partial charge in [-0.25, -0.2) is 0 Å². The van der Waals surface area contributed by atoms with Gasteiger partial charge in [0, 0.05) is 11.1 Å². The van der Waals surface area contributed by atoms with Gasteiger partial charge in [-0.1, -0.05) is 48.5 Å². The van der Waals surface area contributed by atoms with Gasteiger partial charge in [-0.05, 0) is 29.0 Å². The van der Waals surface area contributed by atoms with Gasteiger partial charge in [0.15, 0.2) is 0 Å². The van der Waals surface area contributed by atoms with E-state index < -0.39 is 28.8 Å². The molecule has 1 N–H and O–H groups in total. The minimum Gasteiger partial charge on any atom is -0.506 e. The Morgan fingerprint density at radius 1 is 0.893 bits per heavy atom. The first-order chi connectivity index (χ1) is 13.3. The lowest BCUT2D eigenvalue weighted by Crippen LogP contribution is -2.33. The molecule has 0 spiro atoms. The van der Waals surface area contributed by atoms with Crippen LogP contribution < -0.4 is 5.56 Å². The number of para-hydroxylation sites is 1. The molecule has 0 radical (unpaired) electrons. The smallest absolute Gasteiger partial charge is 0.455 e. The number of aromatic nitrogens is 1. The van der Waals surface area contributed by atoms with Gasteiger partial charge in [0.2, 0.25) is 0 Å². The average Bonchev–Trinajstić information content (AvgIpc) is 2.67. The summed E-state index contributed by atoms with van der Waals surface area (Å²) >= 11 is 0. The van der Waals surface area contributed by atoms with Crippen molar-refractivity contribution in [3.63, 3.8) is 0 Å². The lowest BCUT2D eigenvalue weighted by molar-refractivity contribution is -0.0887. The highest BCUT2D eigenvalue weighted by Crippen LogP contribution is 2.36. The summed E-state index contributed by atoms with van der Waals surface area (Å²) < 4.78 is 40.4. The fourth-order valence-electron chi connectivity index (χ4n) is 3.32. The van der Waals surface area contributed by atoms with E-state index in [4.69, 9.17) is 0 Å². The third-order valence-corrected chi connectivity index (χ3v) is 4.54. The second-order valence-electron chi connectivity index (χ2n) is 6.21. The fraction of sp³-hybridized carbons (Fsp3) is 0.0476. The van der Waals surface area contributed by atoms with Crippen molar-refractivity contribution in [1.82, 2.24) is 4.57 Å². The maximum absolute atomic E-state index is 13.1. The van der Waals surface area contributed by atoms with Gasteiger partial charge in [0.1, 0.15) is 11.3 Å². The summed E-state index contributed by atoms with van der Waals surface area (Å²) in [6, 6.07) is 18.0. The monoisotopic (exact) mass is 383 g/mol. The van der Waals surface area contributed by atoms with Crippen LogP contribution in [0.15, 0.2) is 71.5 Å². The van der Waals surface area contributed by atoms with Crippen molar-refractivity contribution in [2.45, 2.75) is 6.18 Å². The molecule has 28 heavy (non-hydrogen) atoms. The van der Waals surface area contributed by atoms with E-state index >= 15 is 0 Å². The Hall–Kier alpha value is -3.61. The minimum atomic E-state index is -5.30. The van der Waals surface area contributed by atoms with Crippen LogP contribution in [-0.2, 0) is 0 Å². The Labute approximate surface area is 156 Å².